The molecule has 2 heterocycles. The highest BCUT2D eigenvalue weighted by atomic mass is 16.6. The average Bonchev–Trinajstić information content (AvgIpc) is 2.75. The van der Waals surface area contributed by atoms with Gasteiger partial charge in [-0.05, 0) is 18.9 Å². The summed E-state index contributed by atoms with van der Waals surface area (Å²) in [6.45, 7) is 4.70. The third-order valence-corrected chi connectivity index (χ3v) is 4.53. The van der Waals surface area contributed by atoms with E-state index in [1.807, 2.05) is 18.2 Å². The Morgan fingerprint density at radius 1 is 1.04 bits per heavy atom. The Kier molecular flexibility index (Phi) is 6.78. The van der Waals surface area contributed by atoms with Gasteiger partial charge in [-0.2, -0.15) is 0 Å². The predicted octanol–water partition coefficient (Wildman–Crippen LogP) is 2.05. The number of benzene rings is 1. The quantitative estimate of drug-likeness (QED) is 0.821. The van der Waals surface area contributed by atoms with Crippen molar-refractivity contribution >= 4 is 17.9 Å². The van der Waals surface area contributed by atoms with Gasteiger partial charge in [0.15, 0.2) is 0 Å². The number of amides is 2. The van der Waals surface area contributed by atoms with E-state index in [0.717, 1.165) is 6.42 Å². The molecule has 2 amide bonds. The van der Waals surface area contributed by atoms with Crippen LogP contribution in [-0.4, -0.2) is 71.1 Å². The summed E-state index contributed by atoms with van der Waals surface area (Å²) in [6.07, 6.45) is 3.62. The molecule has 1 aromatic heterocycles. The zero-order valence-corrected chi connectivity index (χ0v) is 16.0. The van der Waals surface area contributed by atoms with Crippen LogP contribution in [0, 0.1) is 0 Å². The number of carbonyl (C=O) groups excluding carboxylic acids is 2. The summed E-state index contributed by atoms with van der Waals surface area (Å²) < 4.78 is 4.99. The van der Waals surface area contributed by atoms with Crippen molar-refractivity contribution in [2.24, 2.45) is 0 Å². The molecule has 1 saturated heterocycles. The molecule has 0 saturated carbocycles. The number of carbonyl (C=O) groups is 2. The van der Waals surface area contributed by atoms with Gasteiger partial charge in [0.05, 0.1) is 12.2 Å². The third kappa shape index (κ3) is 5.18. The van der Waals surface area contributed by atoms with Crippen LogP contribution in [0.2, 0.25) is 0 Å². The van der Waals surface area contributed by atoms with Crippen LogP contribution in [0.4, 0.5) is 10.7 Å². The Bertz CT molecular complexity index is 774. The fourth-order valence-electron chi connectivity index (χ4n) is 2.98. The number of anilines is 1. The second-order valence-corrected chi connectivity index (χ2v) is 6.44. The molecule has 0 spiro atoms. The molecule has 1 N–H and O–H groups in total. The summed E-state index contributed by atoms with van der Waals surface area (Å²) >= 11 is 0. The van der Waals surface area contributed by atoms with Crippen LogP contribution in [0.1, 0.15) is 22.8 Å². The van der Waals surface area contributed by atoms with Crippen molar-refractivity contribution in [2.75, 3.05) is 44.6 Å². The second-order valence-electron chi connectivity index (χ2n) is 6.44. The van der Waals surface area contributed by atoms with Gasteiger partial charge in [0.25, 0.3) is 5.91 Å². The zero-order chi connectivity index (χ0) is 19.8. The first kappa shape index (κ1) is 19.6. The highest BCUT2D eigenvalue weighted by molar-refractivity contribution is 5.93. The highest BCUT2D eigenvalue weighted by Crippen LogP contribution is 2.10. The summed E-state index contributed by atoms with van der Waals surface area (Å²) in [5.41, 5.74) is 1.68. The van der Waals surface area contributed by atoms with Gasteiger partial charge in [0.1, 0.15) is 0 Å². The first-order chi connectivity index (χ1) is 13.7. The van der Waals surface area contributed by atoms with Gasteiger partial charge in [-0.15, -0.1) is 0 Å². The largest absolute Gasteiger partial charge is 0.450 e. The van der Waals surface area contributed by atoms with E-state index in [0.29, 0.717) is 50.8 Å². The monoisotopic (exact) mass is 383 g/mol. The van der Waals surface area contributed by atoms with Crippen LogP contribution in [0.15, 0.2) is 42.7 Å². The SMILES string of the molecule is CCOC(=O)N1CCN(C(=O)c2cnc(NCCc3ccccc3)nc2)CC1. The van der Waals surface area contributed by atoms with E-state index in [1.54, 1.807) is 16.7 Å². The van der Waals surface area contributed by atoms with Crippen LogP contribution in [-0.2, 0) is 11.2 Å². The molecule has 0 atom stereocenters. The minimum absolute atomic E-state index is 0.126. The number of ether oxygens (including phenoxy) is 1. The first-order valence-corrected chi connectivity index (χ1v) is 9.48. The van der Waals surface area contributed by atoms with Crippen LogP contribution in [0.5, 0.6) is 0 Å². The maximum Gasteiger partial charge on any atom is 0.409 e. The summed E-state index contributed by atoms with van der Waals surface area (Å²) in [4.78, 5) is 36.1. The van der Waals surface area contributed by atoms with Gasteiger partial charge in [0, 0.05) is 45.1 Å². The Hall–Kier alpha value is -3.16. The first-order valence-electron chi connectivity index (χ1n) is 9.48. The van der Waals surface area contributed by atoms with Crippen molar-refractivity contribution in [1.82, 2.24) is 19.8 Å². The van der Waals surface area contributed by atoms with Crippen LogP contribution in [0.3, 0.4) is 0 Å². The van der Waals surface area contributed by atoms with Crippen molar-refractivity contribution in [2.45, 2.75) is 13.3 Å². The van der Waals surface area contributed by atoms with E-state index in [-0.39, 0.29) is 12.0 Å². The zero-order valence-electron chi connectivity index (χ0n) is 16.0. The van der Waals surface area contributed by atoms with E-state index in [2.05, 4.69) is 27.4 Å². The number of nitrogens with one attached hydrogen (secondary N) is 1. The minimum atomic E-state index is -0.330. The summed E-state index contributed by atoms with van der Waals surface area (Å²) in [5, 5.41) is 3.16. The lowest BCUT2D eigenvalue weighted by Gasteiger charge is -2.33. The molecule has 1 aromatic carbocycles. The maximum absolute atomic E-state index is 12.6. The number of hydrogen-bond acceptors (Lipinski definition) is 6. The molecular weight excluding hydrogens is 358 g/mol. The summed E-state index contributed by atoms with van der Waals surface area (Å²) in [5.74, 6) is 0.374. The van der Waals surface area contributed by atoms with E-state index in [4.69, 9.17) is 4.74 Å². The van der Waals surface area contributed by atoms with Crippen LogP contribution < -0.4 is 5.32 Å². The van der Waals surface area contributed by atoms with Gasteiger partial charge in [0.2, 0.25) is 5.95 Å². The molecule has 8 nitrogen and oxygen atoms in total. The van der Waals surface area contributed by atoms with E-state index in [9.17, 15) is 9.59 Å². The standard InChI is InChI=1S/C20H25N5O3/c1-2-28-20(27)25-12-10-24(11-13-25)18(26)17-14-22-19(23-15-17)21-9-8-16-6-4-3-5-7-16/h3-7,14-15H,2,8-13H2,1H3,(H,21,22,23). The molecule has 2 aromatic rings. The molecule has 8 heteroatoms. The lowest BCUT2D eigenvalue weighted by molar-refractivity contribution is 0.0570. The van der Waals surface area contributed by atoms with E-state index in [1.165, 1.54) is 18.0 Å². The lowest BCUT2D eigenvalue weighted by atomic mass is 10.1. The fourth-order valence-corrected chi connectivity index (χ4v) is 2.98. The Balaban J connectivity index is 1.47. The van der Waals surface area contributed by atoms with Gasteiger partial charge < -0.3 is 19.9 Å². The average molecular weight is 383 g/mol. The number of aromatic nitrogens is 2. The molecule has 28 heavy (non-hydrogen) atoms. The molecule has 0 bridgehead atoms. The molecule has 1 fully saturated rings. The number of nitrogens with zero attached hydrogens (tertiary/aromatic N) is 4. The lowest BCUT2D eigenvalue weighted by Crippen LogP contribution is -2.50. The molecule has 1 aliphatic heterocycles. The van der Waals surface area contributed by atoms with Crippen molar-refractivity contribution in [3.8, 4) is 0 Å². The maximum atomic E-state index is 12.6. The third-order valence-electron chi connectivity index (χ3n) is 4.53. The second kappa shape index (κ2) is 9.68. The van der Waals surface area contributed by atoms with Gasteiger partial charge >= 0.3 is 6.09 Å². The Labute approximate surface area is 164 Å². The molecular formula is C20H25N5O3. The van der Waals surface area contributed by atoms with Crippen molar-refractivity contribution in [3.63, 3.8) is 0 Å². The summed E-state index contributed by atoms with van der Waals surface area (Å²) in [7, 11) is 0. The fraction of sp³-hybridized carbons (Fsp3) is 0.400. The molecule has 0 aliphatic carbocycles. The van der Waals surface area contributed by atoms with Crippen molar-refractivity contribution in [3.05, 3.63) is 53.9 Å². The molecule has 3 rings (SSSR count). The Morgan fingerprint density at radius 2 is 1.68 bits per heavy atom. The molecule has 1 aliphatic rings. The van der Waals surface area contributed by atoms with Crippen LogP contribution >= 0.6 is 0 Å². The van der Waals surface area contributed by atoms with Gasteiger partial charge in [-0.3, -0.25) is 4.79 Å². The number of hydrogen-bond donors (Lipinski definition) is 1. The normalized spacial score (nSPS) is 13.9. The van der Waals surface area contributed by atoms with Crippen molar-refractivity contribution in [1.29, 1.82) is 0 Å². The molecule has 0 radical (unpaired) electrons. The number of rotatable bonds is 6. The number of piperazine rings is 1. The van der Waals surface area contributed by atoms with Crippen molar-refractivity contribution < 1.29 is 14.3 Å². The predicted molar refractivity (Wildman–Crippen MR) is 105 cm³/mol. The van der Waals surface area contributed by atoms with Gasteiger partial charge in [-0.25, -0.2) is 14.8 Å². The van der Waals surface area contributed by atoms with E-state index < -0.39 is 0 Å². The topological polar surface area (TPSA) is 87.7 Å². The molecule has 0 unspecified atom stereocenters. The summed E-state index contributed by atoms with van der Waals surface area (Å²) in [6, 6.07) is 10.2. The Morgan fingerprint density at radius 3 is 2.32 bits per heavy atom. The minimum Gasteiger partial charge on any atom is -0.450 e. The highest BCUT2D eigenvalue weighted by Gasteiger charge is 2.25. The smallest absolute Gasteiger partial charge is 0.409 e. The van der Waals surface area contributed by atoms with E-state index >= 15 is 0 Å². The molecule has 148 valence electrons. The van der Waals surface area contributed by atoms with Crippen LogP contribution in [0.25, 0.3) is 0 Å². The van der Waals surface area contributed by atoms with Gasteiger partial charge in [-0.1, -0.05) is 30.3 Å².